The third kappa shape index (κ3) is 4.33. The van der Waals surface area contributed by atoms with Crippen molar-refractivity contribution >= 4 is 0 Å². The molecule has 0 aromatic carbocycles. The fourth-order valence-corrected chi connectivity index (χ4v) is 3.39. The number of aromatic nitrogens is 4. The van der Waals surface area contributed by atoms with Gasteiger partial charge in [-0.15, -0.1) is 0 Å². The summed E-state index contributed by atoms with van der Waals surface area (Å²) >= 11 is 0. The topological polar surface area (TPSA) is 56.1 Å². The van der Waals surface area contributed by atoms with Crippen molar-refractivity contribution in [3.05, 3.63) is 78.1 Å². The minimum Gasteiger partial charge on any atom is -0.376 e. The summed E-state index contributed by atoms with van der Waals surface area (Å²) < 4.78 is 8.09. The highest BCUT2D eigenvalue weighted by Crippen LogP contribution is 2.18. The molecule has 4 heterocycles. The first-order valence-corrected chi connectivity index (χ1v) is 8.96. The number of pyridine rings is 2. The zero-order valence-electron chi connectivity index (χ0n) is 14.7. The Kier molecular flexibility index (Phi) is 5.33. The monoisotopic (exact) mass is 349 g/mol. The average Bonchev–Trinajstić information content (AvgIpc) is 3.03. The highest BCUT2D eigenvalue weighted by atomic mass is 16.5. The van der Waals surface area contributed by atoms with Crippen LogP contribution in [0.4, 0.5) is 0 Å². The molecule has 134 valence electrons. The Morgan fingerprint density at radius 3 is 2.88 bits per heavy atom. The minimum absolute atomic E-state index is 0.386. The van der Waals surface area contributed by atoms with Crippen LogP contribution < -0.4 is 0 Å². The number of hydrogen-bond donors (Lipinski definition) is 0. The van der Waals surface area contributed by atoms with E-state index in [0.29, 0.717) is 19.1 Å². The molecule has 0 bridgehead atoms. The van der Waals surface area contributed by atoms with E-state index in [1.807, 2.05) is 42.9 Å². The van der Waals surface area contributed by atoms with Crippen LogP contribution in [0.1, 0.15) is 17.0 Å². The molecule has 1 atom stereocenters. The molecule has 0 N–H and O–H groups in total. The molecule has 0 radical (unpaired) electrons. The third-order valence-electron chi connectivity index (χ3n) is 4.59. The number of fused-ring (bicyclic) bond motifs is 1. The van der Waals surface area contributed by atoms with Gasteiger partial charge < -0.3 is 4.74 Å². The summed E-state index contributed by atoms with van der Waals surface area (Å²) in [5.41, 5.74) is 3.44. The van der Waals surface area contributed by atoms with Gasteiger partial charge in [0.2, 0.25) is 0 Å². The second-order valence-electron chi connectivity index (χ2n) is 6.74. The maximum atomic E-state index is 5.98. The first-order chi connectivity index (χ1) is 12.9. The minimum atomic E-state index is 0.386. The standard InChI is InChI=1S/C20H23N5O/c1-2-8-22-19(5-1)13-24-11-18(12-25-20(14-24)6-9-23-25)16-26-15-17-4-3-7-21-10-17/h1-10,18H,11-16H2/t18-/m1/s1. The molecule has 3 aromatic heterocycles. The van der Waals surface area contributed by atoms with E-state index in [2.05, 4.69) is 36.8 Å². The molecule has 6 nitrogen and oxygen atoms in total. The van der Waals surface area contributed by atoms with Crippen LogP contribution in [0, 0.1) is 5.92 Å². The Labute approximate surface area is 153 Å². The van der Waals surface area contributed by atoms with Crippen molar-refractivity contribution in [3.8, 4) is 0 Å². The maximum absolute atomic E-state index is 5.98. The van der Waals surface area contributed by atoms with Crippen molar-refractivity contribution in [1.82, 2.24) is 24.6 Å². The summed E-state index contributed by atoms with van der Waals surface area (Å²) in [6, 6.07) is 12.2. The Hall–Kier alpha value is -2.57. The Morgan fingerprint density at radius 2 is 2.04 bits per heavy atom. The summed E-state index contributed by atoms with van der Waals surface area (Å²) in [4.78, 5) is 11.0. The fourth-order valence-electron chi connectivity index (χ4n) is 3.39. The highest BCUT2D eigenvalue weighted by molar-refractivity contribution is 5.07. The van der Waals surface area contributed by atoms with Gasteiger partial charge in [0.1, 0.15) is 0 Å². The van der Waals surface area contributed by atoms with E-state index in [-0.39, 0.29) is 0 Å². The molecule has 0 spiro atoms. The van der Waals surface area contributed by atoms with Gasteiger partial charge >= 0.3 is 0 Å². The summed E-state index contributed by atoms with van der Waals surface area (Å²) in [6.07, 6.45) is 7.37. The lowest BCUT2D eigenvalue weighted by Gasteiger charge is -2.23. The number of nitrogens with zero attached hydrogens (tertiary/aromatic N) is 5. The number of hydrogen-bond acceptors (Lipinski definition) is 5. The van der Waals surface area contributed by atoms with E-state index in [4.69, 9.17) is 4.74 Å². The van der Waals surface area contributed by atoms with Crippen LogP contribution in [-0.4, -0.2) is 37.8 Å². The van der Waals surface area contributed by atoms with E-state index in [1.165, 1.54) is 5.69 Å². The second-order valence-corrected chi connectivity index (χ2v) is 6.74. The van der Waals surface area contributed by atoms with Gasteiger partial charge in [-0.2, -0.15) is 5.10 Å². The molecule has 0 fully saturated rings. The van der Waals surface area contributed by atoms with Crippen molar-refractivity contribution in [3.63, 3.8) is 0 Å². The predicted octanol–water partition coefficient (Wildman–Crippen LogP) is 2.52. The van der Waals surface area contributed by atoms with Gasteiger partial charge in [-0.25, -0.2) is 0 Å². The van der Waals surface area contributed by atoms with Crippen molar-refractivity contribution in [2.24, 2.45) is 5.92 Å². The van der Waals surface area contributed by atoms with Crippen molar-refractivity contribution in [2.75, 3.05) is 13.2 Å². The molecule has 0 saturated heterocycles. The van der Waals surface area contributed by atoms with Crippen LogP contribution in [0.3, 0.4) is 0 Å². The van der Waals surface area contributed by atoms with E-state index in [1.54, 1.807) is 6.20 Å². The molecule has 4 rings (SSSR count). The van der Waals surface area contributed by atoms with Gasteiger partial charge in [0.15, 0.2) is 0 Å². The molecule has 0 amide bonds. The number of ether oxygens (including phenoxy) is 1. The molecule has 0 unspecified atom stereocenters. The van der Waals surface area contributed by atoms with E-state index >= 15 is 0 Å². The maximum Gasteiger partial charge on any atom is 0.0731 e. The normalized spacial score (nSPS) is 17.6. The highest BCUT2D eigenvalue weighted by Gasteiger charge is 2.22. The Balaban J connectivity index is 1.40. The number of rotatable bonds is 6. The van der Waals surface area contributed by atoms with Crippen LogP contribution in [0.5, 0.6) is 0 Å². The molecule has 26 heavy (non-hydrogen) atoms. The summed E-state index contributed by atoms with van der Waals surface area (Å²) in [5, 5.41) is 4.48. The Morgan fingerprint density at radius 1 is 1.04 bits per heavy atom. The smallest absolute Gasteiger partial charge is 0.0731 e. The first kappa shape index (κ1) is 16.9. The lowest BCUT2D eigenvalue weighted by atomic mass is 10.1. The largest absolute Gasteiger partial charge is 0.376 e. The van der Waals surface area contributed by atoms with Crippen molar-refractivity contribution in [1.29, 1.82) is 0 Å². The average molecular weight is 349 g/mol. The molecule has 6 heteroatoms. The SMILES string of the molecule is c1ccc(CN2Cc3ccnn3C[C@H](COCc3cccnc3)C2)nc1. The van der Waals surface area contributed by atoms with Crippen molar-refractivity contribution < 1.29 is 4.74 Å². The van der Waals surface area contributed by atoms with Crippen LogP contribution >= 0.6 is 0 Å². The van der Waals surface area contributed by atoms with Crippen LogP contribution in [0.15, 0.2) is 61.2 Å². The molecular weight excluding hydrogens is 326 g/mol. The first-order valence-electron chi connectivity index (χ1n) is 8.96. The molecule has 1 aliphatic heterocycles. The van der Waals surface area contributed by atoms with E-state index in [0.717, 1.165) is 37.4 Å². The molecule has 3 aromatic rings. The van der Waals surface area contributed by atoms with Gasteiger partial charge in [-0.05, 0) is 29.8 Å². The molecule has 1 aliphatic rings. The zero-order valence-corrected chi connectivity index (χ0v) is 14.7. The van der Waals surface area contributed by atoms with Gasteiger partial charge in [0, 0.05) is 56.9 Å². The van der Waals surface area contributed by atoms with Gasteiger partial charge in [-0.1, -0.05) is 12.1 Å². The van der Waals surface area contributed by atoms with Crippen molar-refractivity contribution in [2.45, 2.75) is 26.2 Å². The lowest BCUT2D eigenvalue weighted by Crippen LogP contribution is -2.30. The Bertz CT molecular complexity index is 805. The predicted molar refractivity (Wildman–Crippen MR) is 98.0 cm³/mol. The summed E-state index contributed by atoms with van der Waals surface area (Å²) in [6.45, 7) is 4.87. The van der Waals surface area contributed by atoms with Gasteiger partial charge in [0.25, 0.3) is 0 Å². The second kappa shape index (κ2) is 8.21. The van der Waals surface area contributed by atoms with E-state index in [9.17, 15) is 0 Å². The molecule has 0 aliphatic carbocycles. The molecular formula is C20H23N5O. The fraction of sp³-hybridized carbons (Fsp3) is 0.350. The van der Waals surface area contributed by atoms with Crippen LogP contribution in [0.25, 0.3) is 0 Å². The van der Waals surface area contributed by atoms with Crippen LogP contribution in [-0.2, 0) is 31.0 Å². The van der Waals surface area contributed by atoms with Gasteiger partial charge in [0.05, 0.1) is 24.6 Å². The summed E-state index contributed by atoms with van der Waals surface area (Å²) in [7, 11) is 0. The third-order valence-corrected chi connectivity index (χ3v) is 4.59. The lowest BCUT2D eigenvalue weighted by molar-refractivity contribution is 0.0653. The van der Waals surface area contributed by atoms with Gasteiger partial charge in [-0.3, -0.25) is 19.5 Å². The molecule has 0 saturated carbocycles. The zero-order chi connectivity index (χ0) is 17.6. The van der Waals surface area contributed by atoms with Crippen LogP contribution in [0.2, 0.25) is 0 Å². The van der Waals surface area contributed by atoms with E-state index < -0.39 is 0 Å². The quantitative estimate of drug-likeness (QED) is 0.684. The summed E-state index contributed by atoms with van der Waals surface area (Å²) in [5.74, 6) is 0.386.